The van der Waals surface area contributed by atoms with E-state index in [0.717, 1.165) is 30.2 Å². The van der Waals surface area contributed by atoms with E-state index in [1.54, 1.807) is 12.5 Å². The predicted octanol–water partition coefficient (Wildman–Crippen LogP) is 4.88. The summed E-state index contributed by atoms with van der Waals surface area (Å²) in [7, 11) is 2.10. The van der Waals surface area contributed by atoms with Crippen molar-refractivity contribution in [2.75, 3.05) is 44.7 Å². The standard InChI is InChI=1S/C29H28ClFN8O2/c1-38-8-2-3-17(38)15-41-29-35-23-11-19(24-20-13-34-37-22(20)12-21(31)26(24)30)18-5-10-40-27(18)25(23)28(36-29)39-9-7-33-16(14-39)4-6-32/h5,10-13,16-17,33H,2-4,7-9,14-15H2,1H3,(H,34,37)/t16-,17-/m0/s1. The number of benzene rings is 2. The minimum absolute atomic E-state index is 0.00196. The number of aromatic amines is 1. The first kappa shape index (κ1) is 26.0. The quantitative estimate of drug-likeness (QED) is 0.292. The lowest BCUT2D eigenvalue weighted by Crippen LogP contribution is -2.51. The van der Waals surface area contributed by atoms with Crippen LogP contribution in [0.5, 0.6) is 6.01 Å². The Hall–Kier alpha value is -3.98. The predicted molar refractivity (Wildman–Crippen MR) is 155 cm³/mol. The molecule has 210 valence electrons. The summed E-state index contributed by atoms with van der Waals surface area (Å²) in [5.74, 6) is 0.132. The van der Waals surface area contributed by atoms with Crippen LogP contribution in [0.1, 0.15) is 19.3 Å². The molecule has 0 spiro atoms. The molecule has 7 rings (SSSR count). The number of hydrogen-bond acceptors (Lipinski definition) is 9. The van der Waals surface area contributed by atoms with Crippen LogP contribution >= 0.6 is 11.6 Å². The molecule has 0 bridgehead atoms. The van der Waals surface area contributed by atoms with E-state index in [2.05, 4.69) is 38.4 Å². The van der Waals surface area contributed by atoms with Gasteiger partial charge in [0.1, 0.15) is 23.8 Å². The van der Waals surface area contributed by atoms with Crippen LogP contribution < -0.4 is 15.0 Å². The highest BCUT2D eigenvalue weighted by molar-refractivity contribution is 6.36. The van der Waals surface area contributed by atoms with E-state index in [9.17, 15) is 9.65 Å². The Morgan fingerprint density at radius 3 is 3.00 bits per heavy atom. The molecule has 2 aliphatic heterocycles. The minimum atomic E-state index is -0.549. The molecule has 0 amide bonds. The molecule has 2 N–H and O–H groups in total. The number of aromatic nitrogens is 4. The number of nitriles is 1. The number of nitrogens with one attached hydrogen (secondary N) is 2. The number of piperazine rings is 1. The number of furan rings is 1. The number of hydrogen-bond donors (Lipinski definition) is 2. The summed E-state index contributed by atoms with van der Waals surface area (Å²) in [5.41, 5.74) is 2.88. The van der Waals surface area contributed by atoms with Gasteiger partial charge in [-0.3, -0.25) is 5.10 Å². The largest absolute Gasteiger partial charge is 0.463 e. The lowest BCUT2D eigenvalue weighted by molar-refractivity contribution is 0.188. The Kier molecular flexibility index (Phi) is 6.61. The molecule has 12 heteroatoms. The smallest absolute Gasteiger partial charge is 0.319 e. The van der Waals surface area contributed by atoms with Crippen molar-refractivity contribution in [1.82, 2.24) is 30.4 Å². The maximum absolute atomic E-state index is 15.0. The molecule has 5 aromatic rings. The van der Waals surface area contributed by atoms with E-state index >= 15 is 0 Å². The monoisotopic (exact) mass is 574 g/mol. The van der Waals surface area contributed by atoms with Crippen molar-refractivity contribution < 1.29 is 13.5 Å². The molecule has 0 aliphatic carbocycles. The molecule has 0 radical (unpaired) electrons. The van der Waals surface area contributed by atoms with Crippen LogP contribution in [0.2, 0.25) is 5.02 Å². The molecule has 2 saturated heterocycles. The average molecular weight is 575 g/mol. The first-order chi connectivity index (χ1) is 20.0. The van der Waals surface area contributed by atoms with Crippen LogP contribution in [0.3, 0.4) is 0 Å². The van der Waals surface area contributed by atoms with E-state index in [1.165, 1.54) is 6.07 Å². The second-order valence-electron chi connectivity index (χ2n) is 10.7. The third-order valence-corrected chi connectivity index (χ3v) is 8.61. The summed E-state index contributed by atoms with van der Waals surface area (Å²) in [6.07, 6.45) is 5.82. The molecule has 2 aliphatic rings. The number of H-pyrrole nitrogens is 1. The SMILES string of the molecule is CN1CCC[C@H]1COc1nc(N2CCN[C@@H](CC#N)C2)c2c(cc(-c3c(Cl)c(F)cc4[nH]ncc34)c3ccoc32)n1. The molecule has 0 saturated carbocycles. The maximum atomic E-state index is 15.0. The third kappa shape index (κ3) is 4.52. The van der Waals surface area contributed by atoms with Gasteiger partial charge in [0, 0.05) is 54.1 Å². The minimum Gasteiger partial charge on any atom is -0.463 e. The number of anilines is 1. The Labute approximate surface area is 240 Å². The van der Waals surface area contributed by atoms with Crippen molar-refractivity contribution in [3.63, 3.8) is 0 Å². The van der Waals surface area contributed by atoms with Crippen LogP contribution in [0.15, 0.2) is 35.1 Å². The molecular formula is C29H28ClFN8O2. The van der Waals surface area contributed by atoms with E-state index < -0.39 is 5.82 Å². The van der Waals surface area contributed by atoms with Gasteiger partial charge in [-0.25, -0.2) is 4.39 Å². The number of likely N-dealkylation sites (tertiary alicyclic amines) is 1. The molecular weight excluding hydrogens is 547 g/mol. The van der Waals surface area contributed by atoms with Gasteiger partial charge < -0.3 is 24.3 Å². The summed E-state index contributed by atoms with van der Waals surface area (Å²) in [4.78, 5) is 14.2. The van der Waals surface area contributed by atoms with Crippen LogP contribution in [0, 0.1) is 17.1 Å². The first-order valence-electron chi connectivity index (χ1n) is 13.7. The average Bonchev–Trinajstić information content (AvgIpc) is 3.73. The summed E-state index contributed by atoms with van der Waals surface area (Å²) in [5, 5.41) is 21.9. The molecule has 2 aromatic carbocycles. The van der Waals surface area contributed by atoms with Crippen molar-refractivity contribution in [2.45, 2.75) is 31.3 Å². The molecule has 10 nitrogen and oxygen atoms in total. The zero-order valence-corrected chi connectivity index (χ0v) is 23.2. The van der Waals surface area contributed by atoms with Crippen LogP contribution in [0.4, 0.5) is 10.2 Å². The highest BCUT2D eigenvalue weighted by Crippen LogP contribution is 2.44. The Morgan fingerprint density at radius 2 is 2.17 bits per heavy atom. The molecule has 41 heavy (non-hydrogen) atoms. The lowest BCUT2D eigenvalue weighted by atomic mass is 9.96. The van der Waals surface area contributed by atoms with Crippen LogP contribution in [-0.2, 0) is 0 Å². The molecule has 3 aromatic heterocycles. The Bertz CT molecular complexity index is 1810. The fourth-order valence-corrected chi connectivity index (χ4v) is 6.38. The number of fused-ring (bicyclic) bond motifs is 4. The van der Waals surface area contributed by atoms with Crippen LogP contribution in [-0.4, -0.2) is 77.0 Å². The van der Waals surface area contributed by atoms with Gasteiger partial charge in [0.05, 0.1) is 46.4 Å². The van der Waals surface area contributed by atoms with Crippen molar-refractivity contribution >= 4 is 50.2 Å². The molecule has 2 atom stereocenters. The van der Waals surface area contributed by atoms with Gasteiger partial charge in [-0.05, 0) is 44.1 Å². The summed E-state index contributed by atoms with van der Waals surface area (Å²) in [6, 6.07) is 7.91. The van der Waals surface area contributed by atoms with Gasteiger partial charge in [0.2, 0.25) is 0 Å². The normalized spacial score (nSPS) is 19.9. The van der Waals surface area contributed by atoms with Crippen LogP contribution in [0.25, 0.3) is 43.9 Å². The summed E-state index contributed by atoms with van der Waals surface area (Å²) >= 11 is 6.60. The molecule has 0 unspecified atom stereocenters. The van der Waals surface area contributed by atoms with Crippen molar-refractivity contribution in [1.29, 1.82) is 5.26 Å². The number of likely N-dealkylation sites (N-methyl/N-ethyl adjacent to an activating group) is 1. The second kappa shape index (κ2) is 10.4. The molecule has 5 heterocycles. The zero-order valence-electron chi connectivity index (χ0n) is 22.5. The third-order valence-electron chi connectivity index (χ3n) is 8.24. The number of rotatable bonds is 6. The van der Waals surface area contributed by atoms with Crippen molar-refractivity contribution in [2.24, 2.45) is 0 Å². The van der Waals surface area contributed by atoms with Gasteiger partial charge >= 0.3 is 6.01 Å². The fourth-order valence-electron chi connectivity index (χ4n) is 6.12. The van der Waals surface area contributed by atoms with Gasteiger partial charge in [-0.2, -0.15) is 20.3 Å². The first-order valence-corrected chi connectivity index (χ1v) is 14.1. The Morgan fingerprint density at radius 1 is 1.27 bits per heavy atom. The summed E-state index contributed by atoms with van der Waals surface area (Å²) in [6.45, 7) is 3.50. The van der Waals surface area contributed by atoms with E-state index in [0.29, 0.717) is 77.7 Å². The highest BCUT2D eigenvalue weighted by Gasteiger charge is 2.28. The van der Waals surface area contributed by atoms with Gasteiger partial charge in [0.15, 0.2) is 0 Å². The van der Waals surface area contributed by atoms with E-state index in [-0.39, 0.29) is 17.1 Å². The maximum Gasteiger partial charge on any atom is 0.319 e. The van der Waals surface area contributed by atoms with Gasteiger partial charge in [0.25, 0.3) is 0 Å². The molecule has 2 fully saturated rings. The Balaban J connectivity index is 1.43. The lowest BCUT2D eigenvalue weighted by Gasteiger charge is -2.34. The second-order valence-corrected chi connectivity index (χ2v) is 11.1. The van der Waals surface area contributed by atoms with Gasteiger partial charge in [-0.15, -0.1) is 0 Å². The number of ether oxygens (including phenoxy) is 1. The van der Waals surface area contributed by atoms with E-state index in [1.807, 2.05) is 12.1 Å². The topological polar surface area (TPSA) is 119 Å². The van der Waals surface area contributed by atoms with Crippen molar-refractivity contribution in [3.05, 3.63) is 41.5 Å². The zero-order chi connectivity index (χ0) is 28.1. The van der Waals surface area contributed by atoms with Crippen molar-refractivity contribution in [3.8, 4) is 23.2 Å². The van der Waals surface area contributed by atoms with E-state index in [4.69, 9.17) is 30.7 Å². The van der Waals surface area contributed by atoms with Gasteiger partial charge in [-0.1, -0.05) is 11.6 Å². The fraction of sp³-hybridized carbons (Fsp3) is 0.379. The summed E-state index contributed by atoms with van der Waals surface area (Å²) < 4.78 is 27.3. The highest BCUT2D eigenvalue weighted by atomic mass is 35.5. The number of nitrogens with zero attached hydrogens (tertiary/aromatic N) is 6. The number of halogens is 2.